The monoisotopic (exact) mass is 867 g/mol. The minimum Gasteiger partial charge on any atom is -0.462 e. The minimum absolute atomic E-state index is 0.121. The molecular formula is C57H86O6. The number of unbranched alkanes of at least 4 members (excludes halogenated alkanes) is 13. The number of carbonyl (C=O) groups excluding carboxylic acids is 3. The van der Waals surface area contributed by atoms with Crippen molar-refractivity contribution in [1.82, 2.24) is 0 Å². The van der Waals surface area contributed by atoms with Gasteiger partial charge in [0, 0.05) is 19.3 Å². The number of hydrogen-bond acceptors (Lipinski definition) is 6. The molecular weight excluding hydrogens is 781 g/mol. The number of ether oxygens (including phenoxy) is 3. The number of rotatable bonds is 41. The summed E-state index contributed by atoms with van der Waals surface area (Å²) in [6.45, 7) is 6.18. The van der Waals surface area contributed by atoms with Crippen molar-refractivity contribution in [3.63, 3.8) is 0 Å². The van der Waals surface area contributed by atoms with Gasteiger partial charge in [-0.05, 0) is 89.9 Å². The molecule has 0 spiro atoms. The van der Waals surface area contributed by atoms with Gasteiger partial charge in [-0.1, -0.05) is 212 Å². The zero-order valence-electron chi connectivity index (χ0n) is 39.8. The smallest absolute Gasteiger partial charge is 0.306 e. The van der Waals surface area contributed by atoms with Crippen LogP contribution < -0.4 is 0 Å². The number of hydrogen-bond donors (Lipinski definition) is 0. The third-order valence-corrected chi connectivity index (χ3v) is 9.51. The molecule has 0 aromatic heterocycles. The fourth-order valence-electron chi connectivity index (χ4n) is 5.91. The van der Waals surface area contributed by atoms with Crippen molar-refractivity contribution in [2.75, 3.05) is 13.2 Å². The van der Waals surface area contributed by atoms with Crippen LogP contribution in [0.4, 0.5) is 0 Å². The average molecular weight is 867 g/mol. The quantitative estimate of drug-likeness (QED) is 0.0200. The predicted octanol–water partition coefficient (Wildman–Crippen LogP) is 16.1. The van der Waals surface area contributed by atoms with Crippen LogP contribution in [0.1, 0.15) is 175 Å². The highest BCUT2D eigenvalue weighted by Crippen LogP contribution is 2.12. The molecule has 0 N–H and O–H groups in total. The van der Waals surface area contributed by atoms with Crippen molar-refractivity contribution in [3.05, 3.63) is 146 Å². The van der Waals surface area contributed by atoms with Crippen LogP contribution >= 0.6 is 0 Å². The van der Waals surface area contributed by atoms with Crippen LogP contribution in [-0.2, 0) is 28.6 Å². The molecule has 0 bridgehead atoms. The van der Waals surface area contributed by atoms with Crippen molar-refractivity contribution in [3.8, 4) is 0 Å². The van der Waals surface area contributed by atoms with Gasteiger partial charge in [-0.2, -0.15) is 0 Å². The van der Waals surface area contributed by atoms with Gasteiger partial charge in [-0.15, -0.1) is 0 Å². The van der Waals surface area contributed by atoms with Gasteiger partial charge < -0.3 is 14.2 Å². The van der Waals surface area contributed by atoms with E-state index in [1.165, 1.54) is 6.42 Å². The van der Waals surface area contributed by atoms with E-state index in [1.54, 1.807) is 0 Å². The maximum Gasteiger partial charge on any atom is 0.306 e. The lowest BCUT2D eigenvalue weighted by Crippen LogP contribution is -2.30. The molecule has 0 aromatic rings. The van der Waals surface area contributed by atoms with Gasteiger partial charge in [-0.25, -0.2) is 0 Å². The molecule has 350 valence electrons. The van der Waals surface area contributed by atoms with Crippen LogP contribution in [0.2, 0.25) is 0 Å². The molecule has 0 aliphatic carbocycles. The Morgan fingerprint density at radius 2 is 0.698 bits per heavy atom. The van der Waals surface area contributed by atoms with E-state index in [-0.39, 0.29) is 37.5 Å². The molecule has 0 heterocycles. The molecule has 0 saturated carbocycles. The fourth-order valence-corrected chi connectivity index (χ4v) is 5.91. The Bertz CT molecular complexity index is 1460. The van der Waals surface area contributed by atoms with Crippen molar-refractivity contribution >= 4 is 17.9 Å². The van der Waals surface area contributed by atoms with Crippen LogP contribution in [-0.4, -0.2) is 37.2 Å². The molecule has 0 radical (unpaired) electrons. The van der Waals surface area contributed by atoms with E-state index >= 15 is 0 Å². The minimum atomic E-state index is -0.823. The van der Waals surface area contributed by atoms with E-state index in [0.717, 1.165) is 128 Å². The summed E-state index contributed by atoms with van der Waals surface area (Å²) in [5, 5.41) is 0. The van der Waals surface area contributed by atoms with E-state index in [2.05, 4.69) is 93.7 Å². The van der Waals surface area contributed by atoms with Gasteiger partial charge in [-0.3, -0.25) is 14.4 Å². The van der Waals surface area contributed by atoms with E-state index in [9.17, 15) is 14.4 Å². The largest absolute Gasteiger partial charge is 0.462 e. The molecule has 63 heavy (non-hydrogen) atoms. The van der Waals surface area contributed by atoms with E-state index in [4.69, 9.17) is 14.2 Å². The molecule has 0 aromatic carbocycles. The summed E-state index contributed by atoms with van der Waals surface area (Å²) in [6.07, 6.45) is 71.1. The van der Waals surface area contributed by atoms with E-state index in [1.807, 2.05) is 72.9 Å². The highest BCUT2D eigenvalue weighted by molar-refractivity contribution is 5.71. The lowest BCUT2D eigenvalue weighted by Gasteiger charge is -2.18. The van der Waals surface area contributed by atoms with Crippen molar-refractivity contribution < 1.29 is 28.6 Å². The zero-order valence-corrected chi connectivity index (χ0v) is 39.8. The number of esters is 3. The Morgan fingerprint density at radius 1 is 0.349 bits per heavy atom. The summed E-state index contributed by atoms with van der Waals surface area (Å²) in [5.41, 5.74) is 0. The lowest BCUT2D eigenvalue weighted by atomic mass is 10.1. The van der Waals surface area contributed by atoms with Crippen molar-refractivity contribution in [1.29, 1.82) is 0 Å². The van der Waals surface area contributed by atoms with Crippen LogP contribution in [0.3, 0.4) is 0 Å². The van der Waals surface area contributed by atoms with Gasteiger partial charge in [0.05, 0.1) is 0 Å². The second kappa shape index (κ2) is 49.9. The van der Waals surface area contributed by atoms with Gasteiger partial charge in [0.2, 0.25) is 0 Å². The van der Waals surface area contributed by atoms with Gasteiger partial charge in [0.1, 0.15) is 13.2 Å². The normalized spacial score (nSPS) is 13.4. The Balaban J connectivity index is 4.57. The van der Waals surface area contributed by atoms with E-state index in [0.29, 0.717) is 12.8 Å². The topological polar surface area (TPSA) is 78.9 Å². The molecule has 0 aliphatic rings. The third-order valence-electron chi connectivity index (χ3n) is 9.51. The Labute approximate surface area is 385 Å². The lowest BCUT2D eigenvalue weighted by molar-refractivity contribution is -0.167. The summed E-state index contributed by atoms with van der Waals surface area (Å²) in [4.78, 5) is 37.9. The average Bonchev–Trinajstić information content (AvgIpc) is 3.28. The number of carbonyl (C=O) groups is 3. The van der Waals surface area contributed by atoms with Crippen LogP contribution in [0.25, 0.3) is 0 Å². The van der Waals surface area contributed by atoms with Gasteiger partial charge >= 0.3 is 17.9 Å². The van der Waals surface area contributed by atoms with E-state index < -0.39 is 6.10 Å². The highest BCUT2D eigenvalue weighted by Gasteiger charge is 2.19. The Kier molecular flexibility index (Phi) is 46.2. The first-order valence-electron chi connectivity index (χ1n) is 24.5. The molecule has 1 unspecified atom stereocenters. The molecule has 6 nitrogen and oxygen atoms in total. The van der Waals surface area contributed by atoms with Crippen molar-refractivity contribution in [2.24, 2.45) is 0 Å². The molecule has 0 amide bonds. The SMILES string of the molecule is CC/C=C/C=C/C=C/C=C/CCCCCC(=O)OCC(COC(=O)CCCCCCC/C=C/C=C/C=C/C=C/C=C/CCC)OC(=O)CCCCCC/C=C/C/C=C/C/C=C/CC. The second-order valence-electron chi connectivity index (χ2n) is 15.5. The van der Waals surface area contributed by atoms with Gasteiger partial charge in [0.25, 0.3) is 0 Å². The summed E-state index contributed by atoms with van der Waals surface area (Å²) in [5.74, 6) is -1.02. The summed E-state index contributed by atoms with van der Waals surface area (Å²) < 4.78 is 16.7. The summed E-state index contributed by atoms with van der Waals surface area (Å²) in [6, 6.07) is 0. The first-order valence-corrected chi connectivity index (χ1v) is 24.5. The van der Waals surface area contributed by atoms with Crippen LogP contribution in [0.5, 0.6) is 0 Å². The third kappa shape index (κ3) is 48.2. The molecule has 0 fully saturated rings. The second-order valence-corrected chi connectivity index (χ2v) is 15.5. The fraction of sp³-hybridized carbons (Fsp3) is 0.526. The highest BCUT2D eigenvalue weighted by atomic mass is 16.6. The number of allylic oxidation sites excluding steroid dienone is 24. The maximum absolute atomic E-state index is 12.8. The first kappa shape index (κ1) is 58.3. The first-order chi connectivity index (χ1) is 31.0. The van der Waals surface area contributed by atoms with Gasteiger partial charge in [0.15, 0.2) is 6.10 Å². The summed E-state index contributed by atoms with van der Waals surface area (Å²) in [7, 11) is 0. The summed E-state index contributed by atoms with van der Waals surface area (Å²) >= 11 is 0. The molecule has 0 saturated heterocycles. The van der Waals surface area contributed by atoms with Crippen molar-refractivity contribution in [2.45, 2.75) is 181 Å². The maximum atomic E-state index is 12.8. The molecule has 0 rings (SSSR count). The molecule has 1 atom stereocenters. The standard InChI is InChI=1S/C57H86O6/c1-4-7-10-13-16-19-22-25-27-28-29-30-33-35-38-41-44-47-50-56(59)62-53-54(52-61-55(58)49-46-43-40-37-34-31-24-21-18-15-12-9-6-3)63-57(60)51-48-45-42-39-36-32-26-23-20-17-14-11-8-5-2/h8-13,15-22,24-32,34,54H,4-7,14,23,33,35-53H2,1-3H3/b11-8+,12-9+,13-10+,18-15+,19-16+,20-17+,24-21+,25-22+,28-27+,30-29+,32-26+,34-31+. The Hall–Kier alpha value is -4.71. The predicted molar refractivity (Wildman–Crippen MR) is 269 cm³/mol. The molecule has 0 aliphatic heterocycles. The van der Waals surface area contributed by atoms with Crippen LogP contribution in [0, 0.1) is 0 Å². The Morgan fingerprint density at radius 3 is 1.17 bits per heavy atom. The van der Waals surface area contributed by atoms with Crippen LogP contribution in [0.15, 0.2) is 146 Å². The zero-order chi connectivity index (χ0) is 45.8. The molecule has 6 heteroatoms.